The summed E-state index contributed by atoms with van der Waals surface area (Å²) >= 11 is 0. The Labute approximate surface area is 128 Å². The average molecular weight is 324 g/mol. The van der Waals surface area contributed by atoms with Gasteiger partial charge in [-0.25, -0.2) is 0 Å². The van der Waals surface area contributed by atoms with Crippen LogP contribution in [-0.4, -0.2) is 18.2 Å². The van der Waals surface area contributed by atoms with Crippen LogP contribution in [0.4, 0.5) is 18.9 Å². The van der Waals surface area contributed by atoms with Gasteiger partial charge in [-0.3, -0.25) is 9.59 Å². The Kier molecular flexibility index (Phi) is 4.54. The average Bonchev–Trinajstić information content (AvgIpc) is 2.46. The van der Waals surface area contributed by atoms with E-state index < -0.39 is 23.9 Å². The fraction of sp³-hybridized carbons (Fsp3) is 0.0667. The molecule has 0 saturated heterocycles. The SMILES string of the molecule is NC(=O)c1ccc(NC(=O)c2ccc(OC(F)(F)F)cc2)cc1. The first-order valence-corrected chi connectivity index (χ1v) is 6.31. The molecule has 0 radical (unpaired) electrons. The Hall–Kier alpha value is -3.03. The highest BCUT2D eigenvalue weighted by Gasteiger charge is 2.31. The third-order valence-electron chi connectivity index (χ3n) is 2.78. The zero-order chi connectivity index (χ0) is 17.0. The number of halogens is 3. The summed E-state index contributed by atoms with van der Waals surface area (Å²) in [6, 6.07) is 10.3. The Balaban J connectivity index is 2.04. The molecule has 0 aliphatic heterocycles. The van der Waals surface area contributed by atoms with Crippen molar-refractivity contribution in [3.8, 4) is 5.75 Å². The van der Waals surface area contributed by atoms with E-state index >= 15 is 0 Å². The van der Waals surface area contributed by atoms with Crippen LogP contribution < -0.4 is 15.8 Å². The molecule has 0 spiro atoms. The molecule has 120 valence electrons. The fourth-order valence-corrected chi connectivity index (χ4v) is 1.73. The molecule has 0 aromatic heterocycles. The minimum atomic E-state index is -4.79. The molecule has 0 aliphatic rings. The van der Waals surface area contributed by atoms with Crippen molar-refractivity contribution in [2.24, 2.45) is 5.73 Å². The summed E-state index contributed by atoms with van der Waals surface area (Å²) in [5.74, 6) is -1.53. The van der Waals surface area contributed by atoms with Gasteiger partial charge >= 0.3 is 6.36 Å². The first-order chi connectivity index (χ1) is 10.7. The van der Waals surface area contributed by atoms with E-state index in [4.69, 9.17) is 5.73 Å². The van der Waals surface area contributed by atoms with E-state index in [0.29, 0.717) is 5.69 Å². The lowest BCUT2D eigenvalue weighted by Gasteiger charge is -2.09. The van der Waals surface area contributed by atoms with Crippen LogP contribution in [-0.2, 0) is 0 Å². The second-order valence-electron chi connectivity index (χ2n) is 4.47. The number of hydrogen-bond donors (Lipinski definition) is 2. The number of rotatable bonds is 4. The van der Waals surface area contributed by atoms with E-state index in [1.807, 2.05) is 0 Å². The van der Waals surface area contributed by atoms with Crippen molar-refractivity contribution in [2.75, 3.05) is 5.32 Å². The minimum Gasteiger partial charge on any atom is -0.406 e. The molecule has 8 heteroatoms. The molecule has 5 nitrogen and oxygen atoms in total. The Morgan fingerprint density at radius 3 is 1.91 bits per heavy atom. The number of nitrogens with two attached hydrogens (primary N) is 1. The highest BCUT2D eigenvalue weighted by molar-refractivity contribution is 6.04. The third kappa shape index (κ3) is 4.73. The maximum absolute atomic E-state index is 12.0. The topological polar surface area (TPSA) is 81.4 Å². The smallest absolute Gasteiger partial charge is 0.406 e. The molecule has 0 aliphatic carbocycles. The van der Waals surface area contributed by atoms with Gasteiger partial charge in [0.05, 0.1) is 0 Å². The largest absolute Gasteiger partial charge is 0.573 e. The molecule has 3 N–H and O–H groups in total. The lowest BCUT2D eigenvalue weighted by molar-refractivity contribution is -0.274. The van der Waals surface area contributed by atoms with Crippen molar-refractivity contribution >= 4 is 17.5 Å². The number of carbonyl (C=O) groups excluding carboxylic acids is 2. The number of benzene rings is 2. The number of anilines is 1. The van der Waals surface area contributed by atoms with Crippen LogP contribution in [0, 0.1) is 0 Å². The van der Waals surface area contributed by atoms with Crippen molar-refractivity contribution < 1.29 is 27.5 Å². The number of ether oxygens (including phenoxy) is 1. The number of amides is 2. The van der Waals surface area contributed by atoms with Crippen molar-refractivity contribution in [1.29, 1.82) is 0 Å². The summed E-state index contributed by atoms with van der Waals surface area (Å²) in [6.07, 6.45) is -4.79. The molecule has 2 rings (SSSR count). The summed E-state index contributed by atoms with van der Waals surface area (Å²) < 4.78 is 39.8. The molecule has 0 fully saturated rings. The van der Waals surface area contributed by atoms with E-state index in [1.54, 1.807) is 0 Å². The van der Waals surface area contributed by atoms with Gasteiger partial charge in [-0.1, -0.05) is 0 Å². The second kappa shape index (κ2) is 6.39. The van der Waals surface area contributed by atoms with Crippen molar-refractivity contribution in [1.82, 2.24) is 0 Å². The number of alkyl halides is 3. The summed E-state index contributed by atoms with van der Waals surface area (Å²) in [5.41, 5.74) is 5.95. The number of primary amides is 1. The van der Waals surface area contributed by atoms with Crippen LogP contribution in [0.3, 0.4) is 0 Å². The number of hydrogen-bond acceptors (Lipinski definition) is 3. The van der Waals surface area contributed by atoms with Gasteiger partial charge in [-0.15, -0.1) is 13.2 Å². The Morgan fingerprint density at radius 2 is 1.43 bits per heavy atom. The molecule has 0 atom stereocenters. The van der Waals surface area contributed by atoms with Gasteiger partial charge in [0.1, 0.15) is 5.75 Å². The lowest BCUT2D eigenvalue weighted by atomic mass is 10.1. The molecule has 2 aromatic carbocycles. The van der Waals surface area contributed by atoms with Crippen LogP contribution in [0.2, 0.25) is 0 Å². The molecule has 23 heavy (non-hydrogen) atoms. The van der Waals surface area contributed by atoms with Gasteiger partial charge in [0, 0.05) is 16.8 Å². The summed E-state index contributed by atoms with van der Waals surface area (Å²) in [6.45, 7) is 0. The molecular formula is C15H11F3N2O3. The zero-order valence-corrected chi connectivity index (χ0v) is 11.6. The van der Waals surface area contributed by atoms with E-state index in [2.05, 4.69) is 10.1 Å². The minimum absolute atomic E-state index is 0.151. The third-order valence-corrected chi connectivity index (χ3v) is 2.78. The second-order valence-corrected chi connectivity index (χ2v) is 4.47. The Morgan fingerprint density at radius 1 is 0.913 bits per heavy atom. The first kappa shape index (κ1) is 16.3. The van der Waals surface area contributed by atoms with Gasteiger partial charge in [0.25, 0.3) is 5.91 Å². The first-order valence-electron chi connectivity index (χ1n) is 6.31. The fourth-order valence-electron chi connectivity index (χ4n) is 1.73. The van der Waals surface area contributed by atoms with E-state index in [1.165, 1.54) is 36.4 Å². The van der Waals surface area contributed by atoms with Gasteiger partial charge in [0.2, 0.25) is 5.91 Å². The lowest BCUT2D eigenvalue weighted by Crippen LogP contribution is -2.17. The molecule has 0 saturated carbocycles. The van der Waals surface area contributed by atoms with E-state index in [0.717, 1.165) is 12.1 Å². The van der Waals surface area contributed by atoms with Crippen molar-refractivity contribution in [2.45, 2.75) is 6.36 Å². The predicted octanol–water partition coefficient (Wildman–Crippen LogP) is 2.94. The van der Waals surface area contributed by atoms with E-state index in [-0.39, 0.29) is 11.1 Å². The van der Waals surface area contributed by atoms with Crippen LogP contribution in [0.25, 0.3) is 0 Å². The number of nitrogens with one attached hydrogen (secondary N) is 1. The molecule has 0 heterocycles. The van der Waals surface area contributed by atoms with Crippen LogP contribution in [0.1, 0.15) is 20.7 Å². The highest BCUT2D eigenvalue weighted by atomic mass is 19.4. The van der Waals surface area contributed by atoms with Crippen molar-refractivity contribution in [3.05, 3.63) is 59.7 Å². The monoisotopic (exact) mass is 324 g/mol. The van der Waals surface area contributed by atoms with Gasteiger partial charge in [0.15, 0.2) is 0 Å². The van der Waals surface area contributed by atoms with Gasteiger partial charge in [-0.2, -0.15) is 0 Å². The highest BCUT2D eigenvalue weighted by Crippen LogP contribution is 2.23. The summed E-state index contributed by atoms with van der Waals surface area (Å²) in [5, 5.41) is 2.54. The van der Waals surface area contributed by atoms with E-state index in [9.17, 15) is 22.8 Å². The molecule has 2 amide bonds. The quantitative estimate of drug-likeness (QED) is 0.907. The summed E-state index contributed by atoms with van der Waals surface area (Å²) in [4.78, 5) is 22.9. The standard InChI is InChI=1S/C15H11F3N2O3/c16-15(17,18)23-12-7-3-10(4-8-12)14(22)20-11-5-1-9(2-6-11)13(19)21/h1-8H,(H2,19,21)(H,20,22). The molecule has 0 bridgehead atoms. The summed E-state index contributed by atoms with van der Waals surface area (Å²) in [7, 11) is 0. The maximum atomic E-state index is 12.0. The van der Waals surface area contributed by atoms with Crippen LogP contribution >= 0.6 is 0 Å². The predicted molar refractivity (Wildman–Crippen MR) is 76.0 cm³/mol. The van der Waals surface area contributed by atoms with Crippen LogP contribution in [0.15, 0.2) is 48.5 Å². The maximum Gasteiger partial charge on any atom is 0.573 e. The zero-order valence-electron chi connectivity index (χ0n) is 11.6. The Bertz CT molecular complexity index is 710. The number of carbonyl (C=O) groups is 2. The van der Waals surface area contributed by atoms with Gasteiger partial charge in [-0.05, 0) is 48.5 Å². The van der Waals surface area contributed by atoms with Crippen molar-refractivity contribution in [3.63, 3.8) is 0 Å². The molecule has 2 aromatic rings. The van der Waals surface area contributed by atoms with Crippen LogP contribution in [0.5, 0.6) is 5.75 Å². The van der Waals surface area contributed by atoms with Gasteiger partial charge < -0.3 is 15.8 Å². The molecular weight excluding hydrogens is 313 g/mol. The normalized spacial score (nSPS) is 10.9. The molecule has 0 unspecified atom stereocenters.